The first-order valence-electron chi connectivity index (χ1n) is 11.6. The Morgan fingerprint density at radius 2 is 1.74 bits per heavy atom. The number of benzene rings is 2. The van der Waals surface area contributed by atoms with E-state index in [1.165, 1.54) is 17.5 Å². The first kappa shape index (κ1) is 20.1. The minimum absolute atomic E-state index is 0.294. The van der Waals surface area contributed by atoms with E-state index in [9.17, 15) is 4.79 Å². The Morgan fingerprint density at radius 3 is 2.48 bits per heavy atom. The van der Waals surface area contributed by atoms with Gasteiger partial charge in [0.05, 0.1) is 18.1 Å². The van der Waals surface area contributed by atoms with Crippen molar-refractivity contribution < 1.29 is 9.53 Å². The van der Waals surface area contributed by atoms with Crippen LogP contribution in [0, 0.1) is 5.92 Å². The number of carbonyl (C=O) groups excluding carboxylic acids is 1. The van der Waals surface area contributed by atoms with E-state index in [0.29, 0.717) is 17.9 Å². The molecule has 1 amide bonds. The second-order valence-corrected chi connectivity index (χ2v) is 8.88. The van der Waals surface area contributed by atoms with Crippen molar-refractivity contribution in [1.29, 1.82) is 0 Å². The fourth-order valence-electron chi connectivity index (χ4n) is 5.09. The van der Waals surface area contributed by atoms with Crippen LogP contribution in [0.1, 0.15) is 49.5 Å². The average molecular weight is 418 g/mol. The Balaban J connectivity index is 1.36. The zero-order chi connectivity index (χ0) is 21.2. The molecule has 31 heavy (non-hydrogen) atoms. The minimum atomic E-state index is 0.294. The van der Waals surface area contributed by atoms with Crippen molar-refractivity contribution in [2.45, 2.75) is 51.0 Å². The largest absolute Gasteiger partial charge is 0.496 e. The standard InChI is InChI=1S/C26H31N3O2/c1-31-24-12-5-2-7-19(24)13-14-25-27-22-10-3-4-11-23(22)29(25)21-15-17-28(18-16-21)26(30)20-8-6-9-20/h2-5,7,10-12,20-21H,6,8-9,13-18H2,1H3. The summed E-state index contributed by atoms with van der Waals surface area (Å²) in [7, 11) is 1.73. The number of imidazole rings is 1. The van der Waals surface area contributed by atoms with Crippen LogP contribution < -0.4 is 4.74 Å². The third-order valence-electron chi connectivity index (χ3n) is 7.08. The molecule has 0 spiro atoms. The van der Waals surface area contributed by atoms with Gasteiger partial charge in [-0.1, -0.05) is 36.8 Å². The number of fused-ring (bicyclic) bond motifs is 1. The third-order valence-corrected chi connectivity index (χ3v) is 7.08. The predicted octanol–water partition coefficient (Wildman–Crippen LogP) is 4.79. The molecule has 0 unspecified atom stereocenters. The number of methoxy groups -OCH3 is 1. The molecule has 1 aliphatic heterocycles. The number of aryl methyl sites for hydroxylation is 2. The number of likely N-dealkylation sites (tertiary alicyclic amines) is 1. The van der Waals surface area contributed by atoms with Crippen LogP contribution in [-0.4, -0.2) is 40.6 Å². The highest BCUT2D eigenvalue weighted by Gasteiger charge is 2.32. The fourth-order valence-corrected chi connectivity index (χ4v) is 5.09. The number of ether oxygens (including phenoxy) is 1. The molecule has 5 heteroatoms. The van der Waals surface area contributed by atoms with Gasteiger partial charge in [0.2, 0.25) is 5.91 Å². The number of piperidine rings is 1. The number of nitrogens with zero attached hydrogens (tertiary/aromatic N) is 3. The summed E-state index contributed by atoms with van der Waals surface area (Å²) in [5.74, 6) is 2.75. The maximum absolute atomic E-state index is 12.7. The first-order chi connectivity index (χ1) is 15.2. The first-order valence-corrected chi connectivity index (χ1v) is 11.6. The molecule has 0 N–H and O–H groups in total. The van der Waals surface area contributed by atoms with Gasteiger partial charge in [0, 0.05) is 31.5 Å². The Hall–Kier alpha value is -2.82. The van der Waals surface area contributed by atoms with Crippen molar-refractivity contribution in [1.82, 2.24) is 14.5 Å². The van der Waals surface area contributed by atoms with Crippen molar-refractivity contribution in [3.05, 3.63) is 59.9 Å². The summed E-state index contributed by atoms with van der Waals surface area (Å²) in [4.78, 5) is 19.8. The van der Waals surface area contributed by atoms with E-state index in [-0.39, 0.29) is 0 Å². The van der Waals surface area contributed by atoms with E-state index in [4.69, 9.17) is 9.72 Å². The van der Waals surface area contributed by atoms with Crippen molar-refractivity contribution in [3.63, 3.8) is 0 Å². The number of amides is 1. The molecule has 0 radical (unpaired) electrons. The van der Waals surface area contributed by atoms with E-state index >= 15 is 0 Å². The zero-order valence-corrected chi connectivity index (χ0v) is 18.3. The lowest BCUT2D eigenvalue weighted by Gasteiger charge is -2.37. The molecule has 5 nitrogen and oxygen atoms in total. The second kappa shape index (κ2) is 8.74. The van der Waals surface area contributed by atoms with E-state index in [1.807, 2.05) is 12.1 Å². The zero-order valence-electron chi connectivity index (χ0n) is 18.3. The van der Waals surface area contributed by atoms with Crippen LogP contribution in [0.3, 0.4) is 0 Å². The molecular formula is C26H31N3O2. The van der Waals surface area contributed by atoms with Crippen LogP contribution in [0.5, 0.6) is 5.75 Å². The van der Waals surface area contributed by atoms with Crippen molar-refractivity contribution >= 4 is 16.9 Å². The molecule has 1 saturated heterocycles. The second-order valence-electron chi connectivity index (χ2n) is 8.88. The van der Waals surface area contributed by atoms with Crippen molar-refractivity contribution in [3.8, 4) is 5.75 Å². The summed E-state index contributed by atoms with van der Waals surface area (Å²) in [6, 6.07) is 17.1. The third kappa shape index (κ3) is 3.93. The fraction of sp³-hybridized carbons (Fsp3) is 0.462. The number of rotatable bonds is 6. The van der Waals surface area contributed by atoms with Gasteiger partial charge >= 0.3 is 0 Å². The molecule has 1 aromatic heterocycles. The SMILES string of the molecule is COc1ccccc1CCc1nc2ccccc2n1C1CCN(C(=O)C2CCC2)CC1. The Morgan fingerprint density at radius 1 is 1.00 bits per heavy atom. The summed E-state index contributed by atoms with van der Waals surface area (Å²) in [6.07, 6.45) is 7.14. The summed E-state index contributed by atoms with van der Waals surface area (Å²) in [5, 5.41) is 0. The molecule has 1 aliphatic carbocycles. The summed E-state index contributed by atoms with van der Waals surface area (Å²) < 4.78 is 8.00. The maximum Gasteiger partial charge on any atom is 0.225 e. The van der Waals surface area contributed by atoms with Gasteiger partial charge in [-0.15, -0.1) is 0 Å². The molecular weight excluding hydrogens is 386 g/mol. The van der Waals surface area contributed by atoms with Crippen LogP contribution in [0.25, 0.3) is 11.0 Å². The Bertz CT molecular complexity index is 1060. The van der Waals surface area contributed by atoms with Crippen LogP contribution in [0.15, 0.2) is 48.5 Å². The Labute approximate surface area is 184 Å². The lowest BCUT2D eigenvalue weighted by Crippen LogP contribution is -2.43. The lowest BCUT2D eigenvalue weighted by atomic mass is 9.84. The van der Waals surface area contributed by atoms with E-state index < -0.39 is 0 Å². The number of aromatic nitrogens is 2. The van der Waals surface area contributed by atoms with Crippen LogP contribution in [-0.2, 0) is 17.6 Å². The number of hydrogen-bond donors (Lipinski definition) is 0. The van der Waals surface area contributed by atoms with E-state index in [0.717, 1.165) is 68.7 Å². The Kier molecular flexibility index (Phi) is 5.66. The van der Waals surface area contributed by atoms with Gasteiger partial charge < -0.3 is 14.2 Å². The summed E-state index contributed by atoms with van der Waals surface area (Å²) in [5.41, 5.74) is 3.48. The van der Waals surface area contributed by atoms with Gasteiger partial charge in [0.15, 0.2) is 0 Å². The van der Waals surface area contributed by atoms with E-state index in [1.54, 1.807) is 7.11 Å². The van der Waals surface area contributed by atoms with Crippen LogP contribution >= 0.6 is 0 Å². The van der Waals surface area contributed by atoms with Crippen molar-refractivity contribution in [2.24, 2.45) is 5.92 Å². The molecule has 162 valence electrons. The van der Waals surface area contributed by atoms with Crippen LogP contribution in [0.4, 0.5) is 0 Å². The normalized spacial score (nSPS) is 17.6. The van der Waals surface area contributed by atoms with Gasteiger partial charge in [-0.3, -0.25) is 4.79 Å². The quantitative estimate of drug-likeness (QED) is 0.579. The molecule has 2 aliphatic rings. The van der Waals surface area contributed by atoms with Gasteiger partial charge in [-0.05, 0) is 55.9 Å². The summed E-state index contributed by atoms with van der Waals surface area (Å²) in [6.45, 7) is 1.72. The molecule has 1 saturated carbocycles. The molecule has 0 atom stereocenters. The highest BCUT2D eigenvalue weighted by Crippen LogP contribution is 2.33. The average Bonchev–Trinajstić information content (AvgIpc) is 3.15. The molecule has 5 rings (SSSR count). The maximum atomic E-state index is 12.7. The van der Waals surface area contributed by atoms with Crippen LogP contribution in [0.2, 0.25) is 0 Å². The highest BCUT2D eigenvalue weighted by molar-refractivity contribution is 5.80. The highest BCUT2D eigenvalue weighted by atomic mass is 16.5. The monoisotopic (exact) mass is 417 g/mol. The van der Waals surface area contributed by atoms with Gasteiger partial charge in [0.1, 0.15) is 11.6 Å². The summed E-state index contributed by atoms with van der Waals surface area (Å²) >= 11 is 0. The smallest absolute Gasteiger partial charge is 0.225 e. The molecule has 2 fully saturated rings. The molecule has 0 bridgehead atoms. The molecule has 3 aromatic rings. The predicted molar refractivity (Wildman–Crippen MR) is 122 cm³/mol. The molecule has 2 aromatic carbocycles. The number of hydrogen-bond acceptors (Lipinski definition) is 3. The topological polar surface area (TPSA) is 47.4 Å². The molecule has 2 heterocycles. The number of carbonyl (C=O) groups is 1. The van der Waals surface area contributed by atoms with Gasteiger partial charge in [0.25, 0.3) is 0 Å². The van der Waals surface area contributed by atoms with E-state index in [2.05, 4.69) is 45.9 Å². The van der Waals surface area contributed by atoms with Gasteiger partial charge in [-0.25, -0.2) is 4.98 Å². The minimum Gasteiger partial charge on any atom is -0.496 e. The van der Waals surface area contributed by atoms with Gasteiger partial charge in [-0.2, -0.15) is 0 Å². The van der Waals surface area contributed by atoms with Crippen molar-refractivity contribution in [2.75, 3.05) is 20.2 Å². The lowest BCUT2D eigenvalue weighted by molar-refractivity contribution is -0.139. The number of para-hydroxylation sites is 3.